The molecule has 0 spiro atoms. The summed E-state index contributed by atoms with van der Waals surface area (Å²) in [7, 11) is 1.73. The van der Waals surface area contributed by atoms with E-state index in [-0.39, 0.29) is 35.8 Å². The van der Waals surface area contributed by atoms with Crippen LogP contribution in [0.15, 0.2) is 24.3 Å². The highest BCUT2D eigenvalue weighted by Gasteiger charge is 2.45. The first kappa shape index (κ1) is 23.0. The van der Waals surface area contributed by atoms with Gasteiger partial charge in [-0.2, -0.15) is 0 Å². The minimum atomic E-state index is -0.556. The zero-order valence-corrected chi connectivity index (χ0v) is 19.4. The Labute approximate surface area is 191 Å². The summed E-state index contributed by atoms with van der Waals surface area (Å²) in [6.07, 6.45) is 17.0. The summed E-state index contributed by atoms with van der Waals surface area (Å²) in [5.41, 5.74) is 0. The van der Waals surface area contributed by atoms with Gasteiger partial charge in [-0.1, -0.05) is 43.6 Å². The molecule has 7 heteroatoms. The monoisotopic (exact) mass is 442 g/mol. The Morgan fingerprint density at radius 3 is 2.56 bits per heavy atom. The first-order valence-electron chi connectivity index (χ1n) is 12.4. The van der Waals surface area contributed by atoms with Crippen molar-refractivity contribution in [3.8, 4) is 0 Å². The molecular weight excluding hydrogens is 404 g/mol. The number of rotatable bonds is 5. The number of likely N-dealkylation sites (N-methyl/N-ethyl adjacent to an activating group) is 1. The minimum absolute atomic E-state index is 0.0244. The third-order valence-corrected chi connectivity index (χ3v) is 7.92. The van der Waals surface area contributed by atoms with Crippen LogP contribution in [0.4, 0.5) is 0 Å². The maximum absolute atomic E-state index is 13.6. The third kappa shape index (κ3) is 4.77. The highest BCUT2D eigenvalue weighted by molar-refractivity contribution is 5.93. The van der Waals surface area contributed by atoms with Gasteiger partial charge in [-0.3, -0.25) is 14.4 Å². The number of fused-ring (bicyclic) bond motifs is 2. The smallest absolute Gasteiger partial charge is 0.246 e. The van der Waals surface area contributed by atoms with E-state index >= 15 is 0 Å². The van der Waals surface area contributed by atoms with Gasteiger partial charge in [-0.15, -0.1) is 0 Å². The van der Waals surface area contributed by atoms with Crippen LogP contribution < -0.4 is 16.0 Å². The molecule has 3 N–H and O–H groups in total. The lowest BCUT2D eigenvalue weighted by atomic mass is 9.74. The SMILES string of the molecule is CN[C@@H](C)C(=O)N[C@H]1CCCC[C@H]2CC[C@@H](C(=O)N[C@@H]3CCCC4C=CC=CC43)N2C1=O. The van der Waals surface area contributed by atoms with Gasteiger partial charge >= 0.3 is 0 Å². The molecule has 2 aliphatic heterocycles. The molecule has 3 fully saturated rings. The number of nitrogens with zero attached hydrogens (tertiary/aromatic N) is 1. The highest BCUT2D eigenvalue weighted by atomic mass is 16.2. The van der Waals surface area contributed by atoms with E-state index < -0.39 is 12.1 Å². The predicted molar refractivity (Wildman–Crippen MR) is 124 cm³/mol. The molecule has 4 rings (SSSR count). The fourth-order valence-electron chi connectivity index (χ4n) is 5.96. The van der Waals surface area contributed by atoms with E-state index in [2.05, 4.69) is 40.3 Å². The van der Waals surface area contributed by atoms with Crippen molar-refractivity contribution >= 4 is 17.7 Å². The van der Waals surface area contributed by atoms with Gasteiger partial charge in [0.15, 0.2) is 0 Å². The van der Waals surface area contributed by atoms with Gasteiger partial charge in [0.2, 0.25) is 17.7 Å². The first-order valence-corrected chi connectivity index (χ1v) is 12.4. The Morgan fingerprint density at radius 2 is 1.75 bits per heavy atom. The normalized spacial score (nSPS) is 35.3. The van der Waals surface area contributed by atoms with Crippen LogP contribution in [0.5, 0.6) is 0 Å². The molecule has 0 aromatic heterocycles. The largest absolute Gasteiger partial charge is 0.351 e. The molecule has 2 heterocycles. The number of hydrogen-bond donors (Lipinski definition) is 3. The van der Waals surface area contributed by atoms with Gasteiger partial charge in [-0.05, 0) is 58.4 Å². The average molecular weight is 443 g/mol. The van der Waals surface area contributed by atoms with E-state index in [4.69, 9.17) is 0 Å². The maximum atomic E-state index is 13.6. The van der Waals surface area contributed by atoms with Crippen LogP contribution in [0.2, 0.25) is 0 Å². The number of carbonyl (C=O) groups excluding carboxylic acids is 3. The standard InChI is InChI=1S/C25H38N4O3/c1-16(26-2)23(30)28-21-12-6-4-10-18-14-15-22(29(18)25(21)32)24(31)27-20-13-7-9-17-8-3-5-11-19(17)20/h3,5,8,11,16-22,26H,4,6-7,9-10,12-15H2,1-2H3,(H,27,31)(H,28,30)/t16-,17?,18-,19?,20+,21-,22-/m0/s1. The van der Waals surface area contributed by atoms with Gasteiger partial charge in [0.25, 0.3) is 0 Å². The maximum Gasteiger partial charge on any atom is 0.246 e. The van der Waals surface area contributed by atoms with Gasteiger partial charge in [0.05, 0.1) is 6.04 Å². The Hall–Kier alpha value is -2.15. The van der Waals surface area contributed by atoms with Crippen molar-refractivity contribution in [2.24, 2.45) is 11.8 Å². The molecule has 0 bridgehead atoms. The fourth-order valence-corrected chi connectivity index (χ4v) is 5.96. The Morgan fingerprint density at radius 1 is 0.969 bits per heavy atom. The molecule has 32 heavy (non-hydrogen) atoms. The zero-order valence-electron chi connectivity index (χ0n) is 19.4. The van der Waals surface area contributed by atoms with Crippen molar-refractivity contribution in [2.45, 2.75) is 94.9 Å². The lowest BCUT2D eigenvalue weighted by Gasteiger charge is -2.39. The van der Waals surface area contributed by atoms with Crippen LogP contribution >= 0.6 is 0 Å². The summed E-state index contributed by atoms with van der Waals surface area (Å²) in [4.78, 5) is 41.3. The van der Waals surface area contributed by atoms with Crippen LogP contribution in [0.1, 0.15) is 64.7 Å². The summed E-state index contributed by atoms with van der Waals surface area (Å²) in [5, 5.41) is 9.18. The van der Waals surface area contributed by atoms with Gasteiger partial charge in [-0.25, -0.2) is 0 Å². The second-order valence-electron chi connectivity index (χ2n) is 9.91. The summed E-state index contributed by atoms with van der Waals surface area (Å²) in [6.45, 7) is 1.78. The van der Waals surface area contributed by atoms with Crippen molar-refractivity contribution in [1.82, 2.24) is 20.9 Å². The van der Waals surface area contributed by atoms with E-state index in [1.165, 1.54) is 6.42 Å². The van der Waals surface area contributed by atoms with Gasteiger partial charge in [0, 0.05) is 18.0 Å². The quantitative estimate of drug-likeness (QED) is 0.608. The van der Waals surface area contributed by atoms with Crippen LogP contribution in [0.3, 0.4) is 0 Å². The van der Waals surface area contributed by atoms with E-state index in [1.54, 1.807) is 14.0 Å². The van der Waals surface area contributed by atoms with Gasteiger partial charge in [0.1, 0.15) is 12.1 Å². The number of hydrogen-bond acceptors (Lipinski definition) is 4. The molecule has 1 saturated carbocycles. The molecular formula is C25H38N4O3. The van der Waals surface area contributed by atoms with E-state index in [1.807, 2.05) is 4.90 Å². The molecule has 2 saturated heterocycles. The van der Waals surface area contributed by atoms with Crippen molar-refractivity contribution in [2.75, 3.05) is 7.05 Å². The summed E-state index contributed by atoms with van der Waals surface area (Å²) in [6, 6.07) is -1.14. The van der Waals surface area contributed by atoms with E-state index in [0.29, 0.717) is 24.7 Å². The van der Waals surface area contributed by atoms with Crippen molar-refractivity contribution < 1.29 is 14.4 Å². The molecule has 2 unspecified atom stereocenters. The van der Waals surface area contributed by atoms with E-state index in [9.17, 15) is 14.4 Å². The number of nitrogens with one attached hydrogen (secondary N) is 3. The molecule has 4 aliphatic rings. The van der Waals surface area contributed by atoms with Crippen LogP contribution in [-0.4, -0.2) is 59.9 Å². The number of allylic oxidation sites excluding steroid dienone is 3. The average Bonchev–Trinajstić information content (AvgIpc) is 3.22. The minimum Gasteiger partial charge on any atom is -0.351 e. The van der Waals surface area contributed by atoms with Crippen molar-refractivity contribution in [3.63, 3.8) is 0 Å². The van der Waals surface area contributed by atoms with Crippen LogP contribution in [0, 0.1) is 11.8 Å². The third-order valence-electron chi connectivity index (χ3n) is 7.92. The predicted octanol–water partition coefficient (Wildman–Crippen LogP) is 2.04. The molecule has 0 aromatic rings. The first-order chi connectivity index (χ1) is 15.5. The Bertz CT molecular complexity index is 779. The zero-order chi connectivity index (χ0) is 22.7. The topological polar surface area (TPSA) is 90.5 Å². The van der Waals surface area contributed by atoms with Crippen LogP contribution in [0.25, 0.3) is 0 Å². The van der Waals surface area contributed by atoms with Gasteiger partial charge < -0.3 is 20.9 Å². The molecule has 7 atom stereocenters. The molecule has 7 nitrogen and oxygen atoms in total. The lowest BCUT2D eigenvalue weighted by Crippen LogP contribution is -2.59. The molecule has 0 aromatic carbocycles. The highest BCUT2D eigenvalue weighted by Crippen LogP contribution is 2.36. The number of amides is 3. The second kappa shape index (κ2) is 10.2. The molecule has 2 aliphatic carbocycles. The van der Waals surface area contributed by atoms with Crippen molar-refractivity contribution in [3.05, 3.63) is 24.3 Å². The Kier molecular flexibility index (Phi) is 7.33. The lowest BCUT2D eigenvalue weighted by molar-refractivity contribution is -0.144. The number of carbonyl (C=O) groups is 3. The molecule has 176 valence electrons. The summed E-state index contributed by atoms with van der Waals surface area (Å²) in [5.74, 6) is 0.545. The second-order valence-corrected chi connectivity index (χ2v) is 9.91. The van der Waals surface area contributed by atoms with Crippen LogP contribution in [-0.2, 0) is 14.4 Å². The summed E-state index contributed by atoms with van der Waals surface area (Å²) >= 11 is 0. The van der Waals surface area contributed by atoms with E-state index in [0.717, 1.165) is 38.5 Å². The molecule has 3 amide bonds. The summed E-state index contributed by atoms with van der Waals surface area (Å²) < 4.78 is 0. The Balaban J connectivity index is 1.46. The van der Waals surface area contributed by atoms with Crippen molar-refractivity contribution in [1.29, 1.82) is 0 Å². The fraction of sp³-hybridized carbons (Fsp3) is 0.720. The molecule has 0 radical (unpaired) electrons.